The fourth-order valence-corrected chi connectivity index (χ4v) is 1.58. The van der Waals surface area contributed by atoms with Crippen LogP contribution in [-0.2, 0) is 0 Å². The molecule has 0 bridgehead atoms. The Labute approximate surface area is 74.7 Å². The van der Waals surface area contributed by atoms with Gasteiger partial charge < -0.3 is 10.4 Å². The van der Waals surface area contributed by atoms with Crippen molar-refractivity contribution in [1.29, 1.82) is 0 Å². The van der Waals surface area contributed by atoms with E-state index in [1.165, 1.54) is 12.8 Å². The molecule has 0 atom stereocenters. The van der Waals surface area contributed by atoms with E-state index in [-0.39, 0.29) is 0 Å². The zero-order valence-corrected chi connectivity index (χ0v) is 7.68. The minimum absolute atomic E-state index is 0.329. The summed E-state index contributed by atoms with van der Waals surface area (Å²) in [5.41, 5.74) is 1.55. The molecule has 0 radical (unpaired) electrons. The van der Waals surface area contributed by atoms with E-state index in [4.69, 9.17) is 5.11 Å². The molecule has 0 saturated heterocycles. The quantitative estimate of drug-likeness (QED) is 0.627. The van der Waals surface area contributed by atoms with Gasteiger partial charge >= 0.3 is 0 Å². The maximum atomic E-state index is 8.68. The molecule has 0 aliphatic carbocycles. The first kappa shape index (κ1) is 9.75. The van der Waals surface area contributed by atoms with Crippen LogP contribution in [0.1, 0.15) is 32.1 Å². The van der Waals surface area contributed by atoms with Gasteiger partial charge in [-0.15, -0.1) is 0 Å². The molecule has 1 heterocycles. The summed E-state index contributed by atoms with van der Waals surface area (Å²) in [7, 11) is 0. The van der Waals surface area contributed by atoms with E-state index >= 15 is 0 Å². The topological polar surface area (TPSA) is 32.3 Å². The summed E-state index contributed by atoms with van der Waals surface area (Å²) < 4.78 is 0. The number of allylic oxidation sites excluding steroid dienone is 1. The second-order valence-electron chi connectivity index (χ2n) is 3.33. The monoisotopic (exact) mass is 169 g/mol. The molecule has 1 aliphatic rings. The van der Waals surface area contributed by atoms with Crippen molar-refractivity contribution in [2.24, 2.45) is 0 Å². The summed E-state index contributed by atoms with van der Waals surface area (Å²) in [6.07, 6.45) is 7.97. The summed E-state index contributed by atoms with van der Waals surface area (Å²) in [5.74, 6) is 0. The Morgan fingerprint density at radius 1 is 1.42 bits per heavy atom. The third-order valence-corrected chi connectivity index (χ3v) is 2.26. The van der Waals surface area contributed by atoms with Gasteiger partial charge in [-0.25, -0.2) is 0 Å². The van der Waals surface area contributed by atoms with Gasteiger partial charge in [0.15, 0.2) is 0 Å². The fraction of sp³-hybridized carbons (Fsp3) is 0.800. The van der Waals surface area contributed by atoms with E-state index in [9.17, 15) is 0 Å². The minimum Gasteiger partial charge on any atom is -0.396 e. The molecular weight excluding hydrogens is 150 g/mol. The van der Waals surface area contributed by atoms with Gasteiger partial charge in [0.1, 0.15) is 0 Å². The van der Waals surface area contributed by atoms with E-state index in [2.05, 4.69) is 11.4 Å². The molecule has 2 nitrogen and oxygen atoms in total. The van der Waals surface area contributed by atoms with Crippen molar-refractivity contribution in [2.75, 3.05) is 19.7 Å². The molecule has 0 spiro atoms. The molecule has 1 rings (SSSR count). The van der Waals surface area contributed by atoms with Crippen molar-refractivity contribution in [1.82, 2.24) is 5.32 Å². The Morgan fingerprint density at radius 3 is 3.17 bits per heavy atom. The van der Waals surface area contributed by atoms with Crippen LogP contribution >= 0.6 is 0 Å². The minimum atomic E-state index is 0.329. The SMILES string of the molecule is OCCC/C1=C/CCNCCC1. The van der Waals surface area contributed by atoms with Crippen molar-refractivity contribution in [2.45, 2.75) is 32.1 Å². The van der Waals surface area contributed by atoms with E-state index < -0.39 is 0 Å². The van der Waals surface area contributed by atoms with Crippen LogP contribution in [0, 0.1) is 0 Å². The highest BCUT2D eigenvalue weighted by molar-refractivity contribution is 5.03. The number of aliphatic hydroxyl groups excluding tert-OH is 1. The van der Waals surface area contributed by atoms with Crippen LogP contribution in [0.5, 0.6) is 0 Å². The first-order valence-corrected chi connectivity index (χ1v) is 4.93. The number of rotatable bonds is 3. The highest BCUT2D eigenvalue weighted by Gasteiger charge is 2.00. The third kappa shape index (κ3) is 3.88. The van der Waals surface area contributed by atoms with Gasteiger partial charge in [-0.05, 0) is 45.2 Å². The van der Waals surface area contributed by atoms with Gasteiger partial charge in [0.2, 0.25) is 0 Å². The number of hydrogen-bond acceptors (Lipinski definition) is 2. The molecule has 2 N–H and O–H groups in total. The summed E-state index contributed by atoms with van der Waals surface area (Å²) in [6.45, 7) is 2.59. The maximum Gasteiger partial charge on any atom is 0.0434 e. The molecule has 12 heavy (non-hydrogen) atoms. The largest absolute Gasteiger partial charge is 0.396 e. The lowest BCUT2D eigenvalue weighted by molar-refractivity contribution is 0.288. The van der Waals surface area contributed by atoms with Gasteiger partial charge in [0.25, 0.3) is 0 Å². The van der Waals surface area contributed by atoms with Gasteiger partial charge in [-0.2, -0.15) is 0 Å². The van der Waals surface area contributed by atoms with E-state index in [0.717, 1.165) is 32.4 Å². The Kier molecular flexibility index (Phi) is 5.04. The Bertz CT molecular complexity index is 143. The average molecular weight is 169 g/mol. The predicted octanol–water partition coefficient (Wildman–Crippen LogP) is 1.46. The zero-order chi connectivity index (χ0) is 8.65. The van der Waals surface area contributed by atoms with Crippen molar-refractivity contribution in [3.63, 3.8) is 0 Å². The molecule has 1 aliphatic heterocycles. The van der Waals surface area contributed by atoms with Crippen LogP contribution in [0.4, 0.5) is 0 Å². The summed E-state index contributed by atoms with van der Waals surface area (Å²) in [5, 5.41) is 12.1. The molecular formula is C10H19NO. The van der Waals surface area contributed by atoms with Crippen LogP contribution in [0.3, 0.4) is 0 Å². The van der Waals surface area contributed by atoms with Crippen LogP contribution < -0.4 is 5.32 Å². The molecule has 0 fully saturated rings. The van der Waals surface area contributed by atoms with E-state index in [1.807, 2.05) is 0 Å². The van der Waals surface area contributed by atoms with Gasteiger partial charge in [-0.1, -0.05) is 11.6 Å². The molecule has 0 saturated carbocycles. The van der Waals surface area contributed by atoms with Crippen LogP contribution in [0.2, 0.25) is 0 Å². The number of hydrogen-bond donors (Lipinski definition) is 2. The highest BCUT2D eigenvalue weighted by atomic mass is 16.2. The lowest BCUT2D eigenvalue weighted by Crippen LogP contribution is -2.18. The highest BCUT2D eigenvalue weighted by Crippen LogP contribution is 2.13. The predicted molar refractivity (Wildman–Crippen MR) is 51.1 cm³/mol. The molecule has 2 heteroatoms. The first-order valence-electron chi connectivity index (χ1n) is 4.93. The standard InChI is InChI=1S/C10H19NO/c12-9-3-6-10-4-1-7-11-8-2-5-10/h4,11-12H,1-3,5-9H2/b10-4+. The smallest absolute Gasteiger partial charge is 0.0434 e. The molecule has 0 unspecified atom stereocenters. The fourth-order valence-electron chi connectivity index (χ4n) is 1.58. The van der Waals surface area contributed by atoms with Crippen molar-refractivity contribution in [3.05, 3.63) is 11.6 Å². The Morgan fingerprint density at radius 2 is 2.33 bits per heavy atom. The van der Waals surface area contributed by atoms with Crippen LogP contribution in [-0.4, -0.2) is 24.8 Å². The Balaban J connectivity index is 2.26. The zero-order valence-electron chi connectivity index (χ0n) is 7.68. The second kappa shape index (κ2) is 6.21. The summed E-state index contributed by atoms with van der Waals surface area (Å²) in [4.78, 5) is 0. The molecule has 0 aromatic rings. The van der Waals surface area contributed by atoms with Gasteiger partial charge in [0, 0.05) is 6.61 Å². The lowest BCUT2D eigenvalue weighted by Gasteiger charge is -2.11. The number of aliphatic hydroxyl groups is 1. The number of nitrogens with one attached hydrogen (secondary N) is 1. The molecule has 0 amide bonds. The van der Waals surface area contributed by atoms with E-state index in [0.29, 0.717) is 6.61 Å². The third-order valence-electron chi connectivity index (χ3n) is 2.26. The first-order chi connectivity index (χ1) is 5.93. The van der Waals surface area contributed by atoms with E-state index in [1.54, 1.807) is 5.57 Å². The van der Waals surface area contributed by atoms with Crippen LogP contribution in [0.25, 0.3) is 0 Å². The molecule has 0 aromatic heterocycles. The average Bonchev–Trinajstić information content (AvgIpc) is 2.02. The Hall–Kier alpha value is -0.340. The van der Waals surface area contributed by atoms with Crippen molar-refractivity contribution in [3.8, 4) is 0 Å². The van der Waals surface area contributed by atoms with Crippen molar-refractivity contribution >= 4 is 0 Å². The van der Waals surface area contributed by atoms with Crippen molar-refractivity contribution < 1.29 is 5.11 Å². The van der Waals surface area contributed by atoms with Gasteiger partial charge in [-0.3, -0.25) is 0 Å². The summed E-state index contributed by atoms with van der Waals surface area (Å²) >= 11 is 0. The normalized spacial score (nSPS) is 23.9. The lowest BCUT2D eigenvalue weighted by atomic mass is 10.0. The van der Waals surface area contributed by atoms with Crippen LogP contribution in [0.15, 0.2) is 11.6 Å². The molecule has 70 valence electrons. The van der Waals surface area contributed by atoms with Gasteiger partial charge in [0.05, 0.1) is 0 Å². The molecule has 0 aromatic carbocycles. The second-order valence-corrected chi connectivity index (χ2v) is 3.33. The summed E-state index contributed by atoms with van der Waals surface area (Å²) in [6, 6.07) is 0. The maximum absolute atomic E-state index is 8.68.